The molecule has 0 radical (unpaired) electrons. The maximum atomic E-state index is 5.93. The van der Waals surface area contributed by atoms with Crippen LogP contribution in [0.15, 0.2) is 36.4 Å². The van der Waals surface area contributed by atoms with Gasteiger partial charge in [0, 0.05) is 12.0 Å². The molecule has 2 aliphatic rings. The molecule has 1 aliphatic heterocycles. The summed E-state index contributed by atoms with van der Waals surface area (Å²) in [5, 5.41) is 0. The first-order valence-electron chi connectivity index (χ1n) is 4.50. The van der Waals surface area contributed by atoms with Crippen LogP contribution in [-0.4, -0.2) is 4.51 Å². The largest absolute Gasteiger partial charge is 0.473 e. The molecule has 0 aromatic heterocycles. The van der Waals surface area contributed by atoms with Crippen LogP contribution in [0.1, 0.15) is 12.0 Å². The third-order valence-corrected chi connectivity index (χ3v) is 5.80. The molecule has 1 aliphatic carbocycles. The minimum Gasteiger partial charge on any atom is -0.473 e. The maximum absolute atomic E-state index is 5.93. The number of alkyl halides is 2. The van der Waals surface area contributed by atoms with Gasteiger partial charge in [-0.05, 0) is 22.0 Å². The molecule has 0 spiro atoms. The first-order valence-corrected chi connectivity index (χ1v) is 6.08. The Hall–Kier alpha value is -0.280. The van der Waals surface area contributed by atoms with E-state index < -0.39 is 0 Å². The summed E-state index contributed by atoms with van der Waals surface area (Å²) in [6.45, 7) is 0. The predicted octanol–water partition coefficient (Wildman–Crippen LogP) is 3.72. The monoisotopic (exact) mass is 314 g/mol. The highest BCUT2D eigenvalue weighted by atomic mass is 79.9. The summed E-state index contributed by atoms with van der Waals surface area (Å²) in [4.78, 5) is 0. The van der Waals surface area contributed by atoms with Gasteiger partial charge in [0.25, 0.3) is 0 Å². The van der Waals surface area contributed by atoms with E-state index in [4.69, 9.17) is 4.74 Å². The van der Waals surface area contributed by atoms with Crippen molar-refractivity contribution in [3.05, 3.63) is 42.0 Å². The molecule has 1 heterocycles. The lowest BCUT2D eigenvalue weighted by molar-refractivity contribution is 0.194. The number of rotatable bonds is 0. The van der Waals surface area contributed by atoms with Gasteiger partial charge in [0.2, 0.25) is 0 Å². The predicted molar refractivity (Wildman–Crippen MR) is 63.1 cm³/mol. The van der Waals surface area contributed by atoms with Gasteiger partial charge in [-0.25, -0.2) is 0 Å². The number of fused-ring (bicyclic) bond motifs is 3. The molecule has 2 unspecified atom stereocenters. The standard InChI is InChI=1S/C11H8Br2O/c12-10-6-3-7-11(10,13)14-9-5-2-1-4-8(9)10/h1-6H,7H2. The van der Waals surface area contributed by atoms with Crippen molar-refractivity contribution in [1.82, 2.24) is 0 Å². The highest BCUT2D eigenvalue weighted by Gasteiger charge is 2.58. The number of halogens is 2. The Morgan fingerprint density at radius 2 is 2.00 bits per heavy atom. The Morgan fingerprint density at radius 1 is 1.21 bits per heavy atom. The SMILES string of the molecule is BrC12CC=CC1(Br)c1ccccc1O2. The molecule has 3 heteroatoms. The van der Waals surface area contributed by atoms with Crippen molar-refractivity contribution >= 4 is 31.9 Å². The lowest BCUT2D eigenvalue weighted by atomic mass is 9.98. The zero-order valence-electron chi connectivity index (χ0n) is 7.34. The van der Waals surface area contributed by atoms with Crippen LogP contribution >= 0.6 is 31.9 Å². The highest BCUT2D eigenvalue weighted by Crippen LogP contribution is 2.61. The first-order chi connectivity index (χ1) is 6.66. The van der Waals surface area contributed by atoms with Crippen LogP contribution in [-0.2, 0) is 4.32 Å². The molecule has 14 heavy (non-hydrogen) atoms. The van der Waals surface area contributed by atoms with Gasteiger partial charge >= 0.3 is 0 Å². The molecule has 3 rings (SSSR count). The molecule has 2 atom stereocenters. The van der Waals surface area contributed by atoms with Gasteiger partial charge < -0.3 is 4.74 Å². The normalized spacial score (nSPS) is 37.9. The van der Waals surface area contributed by atoms with Gasteiger partial charge in [0.1, 0.15) is 10.1 Å². The highest BCUT2D eigenvalue weighted by molar-refractivity contribution is 9.12. The summed E-state index contributed by atoms with van der Waals surface area (Å²) >= 11 is 7.45. The lowest BCUT2D eigenvalue weighted by Crippen LogP contribution is -2.36. The quantitative estimate of drug-likeness (QED) is 0.524. The minimum absolute atomic E-state index is 0.198. The second kappa shape index (κ2) is 2.64. The van der Waals surface area contributed by atoms with Crippen molar-refractivity contribution in [3.63, 3.8) is 0 Å². The van der Waals surface area contributed by atoms with E-state index >= 15 is 0 Å². The van der Waals surface area contributed by atoms with Crippen LogP contribution in [0.2, 0.25) is 0 Å². The lowest BCUT2D eigenvalue weighted by Gasteiger charge is -2.28. The van der Waals surface area contributed by atoms with Crippen LogP contribution in [0.4, 0.5) is 0 Å². The van der Waals surface area contributed by atoms with Crippen LogP contribution in [0.25, 0.3) is 0 Å². The fourth-order valence-corrected chi connectivity index (χ4v) is 3.55. The molecule has 0 saturated heterocycles. The van der Waals surface area contributed by atoms with E-state index in [0.29, 0.717) is 0 Å². The molecule has 0 N–H and O–H groups in total. The fourth-order valence-electron chi connectivity index (χ4n) is 2.08. The van der Waals surface area contributed by atoms with Gasteiger partial charge in [-0.15, -0.1) is 0 Å². The topological polar surface area (TPSA) is 9.23 Å². The van der Waals surface area contributed by atoms with Crippen molar-refractivity contribution in [2.24, 2.45) is 0 Å². The summed E-state index contributed by atoms with van der Waals surface area (Å²) < 4.78 is 5.40. The van der Waals surface area contributed by atoms with Crippen molar-refractivity contribution < 1.29 is 4.74 Å². The zero-order valence-corrected chi connectivity index (χ0v) is 10.5. The number of benzene rings is 1. The van der Waals surface area contributed by atoms with E-state index in [-0.39, 0.29) is 8.83 Å². The van der Waals surface area contributed by atoms with E-state index in [9.17, 15) is 0 Å². The van der Waals surface area contributed by atoms with Gasteiger partial charge in [0.05, 0.1) is 0 Å². The molecule has 0 saturated carbocycles. The number of ether oxygens (including phenoxy) is 1. The Morgan fingerprint density at radius 3 is 2.86 bits per heavy atom. The average molecular weight is 316 g/mol. The summed E-state index contributed by atoms with van der Waals surface area (Å²) in [7, 11) is 0. The van der Waals surface area contributed by atoms with Crippen molar-refractivity contribution in [1.29, 1.82) is 0 Å². The Bertz CT molecular complexity index is 429. The summed E-state index contributed by atoms with van der Waals surface area (Å²) in [5.74, 6) is 0.964. The maximum Gasteiger partial charge on any atom is 0.189 e. The second-order valence-corrected chi connectivity index (χ2v) is 6.18. The molecule has 0 fully saturated rings. The van der Waals surface area contributed by atoms with Gasteiger partial charge in [-0.1, -0.05) is 46.3 Å². The first kappa shape index (κ1) is 8.98. The van der Waals surface area contributed by atoms with Crippen LogP contribution < -0.4 is 4.74 Å². The van der Waals surface area contributed by atoms with E-state index in [1.807, 2.05) is 18.2 Å². The second-order valence-electron chi connectivity index (χ2n) is 3.64. The minimum atomic E-state index is -0.330. The van der Waals surface area contributed by atoms with Crippen LogP contribution in [0.3, 0.4) is 0 Å². The van der Waals surface area contributed by atoms with Gasteiger partial charge in [-0.3, -0.25) is 0 Å². The molecule has 1 aromatic carbocycles. The van der Waals surface area contributed by atoms with Crippen molar-refractivity contribution in [3.8, 4) is 5.75 Å². The average Bonchev–Trinajstić information content (AvgIpc) is 2.54. The fraction of sp³-hybridized carbons (Fsp3) is 0.273. The number of para-hydroxylation sites is 1. The molecule has 72 valence electrons. The summed E-state index contributed by atoms with van der Waals surface area (Å²) in [6, 6.07) is 8.14. The Kier molecular flexibility index (Phi) is 1.69. The Balaban J connectivity index is 2.26. The van der Waals surface area contributed by atoms with Gasteiger partial charge in [-0.2, -0.15) is 0 Å². The summed E-state index contributed by atoms with van der Waals surface area (Å²) in [5.41, 5.74) is 1.20. The number of hydrogen-bond donors (Lipinski definition) is 0. The Labute approximate surface area is 99.4 Å². The third-order valence-electron chi connectivity index (χ3n) is 2.82. The molecular weight excluding hydrogens is 308 g/mol. The number of hydrogen-bond acceptors (Lipinski definition) is 1. The molecule has 0 bridgehead atoms. The molecular formula is C11H8Br2O. The molecule has 0 amide bonds. The van der Waals surface area contributed by atoms with Crippen LogP contribution in [0.5, 0.6) is 5.75 Å². The molecule has 1 nitrogen and oxygen atoms in total. The van der Waals surface area contributed by atoms with Crippen LogP contribution in [0, 0.1) is 0 Å². The smallest absolute Gasteiger partial charge is 0.189 e. The molecule has 1 aromatic rings. The van der Waals surface area contributed by atoms with Crippen molar-refractivity contribution in [2.75, 3.05) is 0 Å². The van der Waals surface area contributed by atoms with Crippen molar-refractivity contribution in [2.45, 2.75) is 15.3 Å². The van der Waals surface area contributed by atoms with E-state index in [2.05, 4.69) is 50.1 Å². The van der Waals surface area contributed by atoms with E-state index in [1.165, 1.54) is 5.56 Å². The summed E-state index contributed by atoms with van der Waals surface area (Å²) in [6.07, 6.45) is 5.18. The van der Waals surface area contributed by atoms with E-state index in [1.54, 1.807) is 0 Å². The van der Waals surface area contributed by atoms with Gasteiger partial charge in [0.15, 0.2) is 4.51 Å². The third kappa shape index (κ3) is 0.898. The van der Waals surface area contributed by atoms with E-state index in [0.717, 1.165) is 12.2 Å². The zero-order chi connectivity index (χ0) is 9.81.